The summed E-state index contributed by atoms with van der Waals surface area (Å²) >= 11 is 0. The number of ether oxygens (including phenoxy) is 2. The molecule has 0 spiro atoms. The van der Waals surface area contributed by atoms with Crippen molar-refractivity contribution in [3.63, 3.8) is 0 Å². The van der Waals surface area contributed by atoms with Gasteiger partial charge in [0.15, 0.2) is 5.65 Å². The highest BCUT2D eigenvalue weighted by Crippen LogP contribution is 2.28. The molecule has 158 valence electrons. The average molecular weight is 407 g/mol. The maximum Gasteiger partial charge on any atom is 0.155 e. The van der Waals surface area contributed by atoms with Gasteiger partial charge in [0.2, 0.25) is 0 Å². The van der Waals surface area contributed by atoms with Crippen molar-refractivity contribution in [2.45, 2.75) is 44.8 Å². The number of hydrogen-bond acceptors (Lipinski definition) is 5. The molecule has 0 radical (unpaired) electrons. The van der Waals surface area contributed by atoms with E-state index >= 15 is 0 Å². The van der Waals surface area contributed by atoms with Crippen molar-refractivity contribution in [1.82, 2.24) is 19.3 Å². The highest BCUT2D eigenvalue weighted by Gasteiger charge is 2.22. The quantitative estimate of drug-likeness (QED) is 0.624. The van der Waals surface area contributed by atoms with Crippen molar-refractivity contribution in [2.24, 2.45) is 5.92 Å². The Morgan fingerprint density at radius 3 is 2.97 bits per heavy atom. The van der Waals surface area contributed by atoms with Crippen LogP contribution in [-0.4, -0.2) is 51.7 Å². The van der Waals surface area contributed by atoms with Crippen LogP contribution in [0.2, 0.25) is 0 Å². The van der Waals surface area contributed by atoms with Crippen LogP contribution in [0.5, 0.6) is 5.75 Å². The van der Waals surface area contributed by atoms with Crippen LogP contribution in [0.3, 0.4) is 0 Å². The standard InChI is InChI=1S/C24H30N4O2/c1-4-8-23(30-22-6-2-3-7-22)20(5-1)16-27-11-12-29-18-19(15-27)13-21-17-28-10-9-25-24(28)14-26-21/h1,4-5,8-10,14,17,19,22H,2-3,6-7,11-13,15-16,18H2/t19-/m0/s1. The third-order valence-electron chi connectivity index (χ3n) is 6.21. The first-order chi connectivity index (χ1) is 14.8. The summed E-state index contributed by atoms with van der Waals surface area (Å²) in [7, 11) is 0. The van der Waals surface area contributed by atoms with Gasteiger partial charge in [-0.15, -0.1) is 0 Å². The molecule has 0 N–H and O–H groups in total. The Kier molecular flexibility index (Phi) is 5.95. The number of benzene rings is 1. The molecule has 1 aliphatic carbocycles. The number of imidazole rings is 1. The van der Waals surface area contributed by atoms with Crippen LogP contribution in [0.1, 0.15) is 36.9 Å². The molecule has 1 atom stereocenters. The fourth-order valence-corrected chi connectivity index (χ4v) is 4.67. The summed E-state index contributed by atoms with van der Waals surface area (Å²) in [5, 5.41) is 0. The summed E-state index contributed by atoms with van der Waals surface area (Å²) in [5.41, 5.74) is 3.25. The Morgan fingerprint density at radius 2 is 2.03 bits per heavy atom. The van der Waals surface area contributed by atoms with Gasteiger partial charge in [0, 0.05) is 49.7 Å². The number of aromatic nitrogens is 3. The number of para-hydroxylation sites is 1. The molecule has 0 amide bonds. The minimum absolute atomic E-state index is 0.385. The van der Waals surface area contributed by atoms with E-state index in [4.69, 9.17) is 9.47 Å². The Balaban J connectivity index is 1.25. The van der Waals surface area contributed by atoms with E-state index < -0.39 is 0 Å². The highest BCUT2D eigenvalue weighted by atomic mass is 16.5. The lowest BCUT2D eigenvalue weighted by atomic mass is 10.0. The summed E-state index contributed by atoms with van der Waals surface area (Å²) < 4.78 is 14.3. The normalized spacial score (nSPS) is 21.1. The zero-order chi connectivity index (χ0) is 20.2. The van der Waals surface area contributed by atoms with Crippen molar-refractivity contribution < 1.29 is 9.47 Å². The molecule has 0 bridgehead atoms. The first-order valence-corrected chi connectivity index (χ1v) is 11.2. The summed E-state index contributed by atoms with van der Waals surface area (Å²) in [5.74, 6) is 1.47. The zero-order valence-electron chi connectivity index (χ0n) is 17.4. The Hall–Kier alpha value is -2.44. The third kappa shape index (κ3) is 4.65. The third-order valence-corrected chi connectivity index (χ3v) is 6.21. The minimum Gasteiger partial charge on any atom is -0.490 e. The van der Waals surface area contributed by atoms with Crippen molar-refractivity contribution in [1.29, 1.82) is 0 Å². The molecule has 1 aliphatic heterocycles. The molecule has 1 saturated carbocycles. The van der Waals surface area contributed by atoms with Crippen LogP contribution >= 0.6 is 0 Å². The lowest BCUT2D eigenvalue weighted by Crippen LogP contribution is -2.31. The summed E-state index contributed by atoms with van der Waals surface area (Å²) in [4.78, 5) is 11.4. The lowest BCUT2D eigenvalue weighted by Gasteiger charge is -2.25. The molecule has 3 heterocycles. The highest BCUT2D eigenvalue weighted by molar-refractivity contribution is 5.35. The van der Waals surface area contributed by atoms with Crippen LogP contribution in [-0.2, 0) is 17.7 Å². The molecule has 1 aromatic carbocycles. The number of rotatable bonds is 6. The van der Waals surface area contributed by atoms with E-state index in [2.05, 4.69) is 45.3 Å². The Morgan fingerprint density at radius 1 is 1.13 bits per heavy atom. The molecular weight excluding hydrogens is 376 g/mol. The predicted octanol–water partition coefficient (Wildman–Crippen LogP) is 3.74. The van der Waals surface area contributed by atoms with Crippen LogP contribution in [0, 0.1) is 5.92 Å². The zero-order valence-corrected chi connectivity index (χ0v) is 17.4. The van der Waals surface area contributed by atoms with E-state index in [-0.39, 0.29) is 0 Å². The van der Waals surface area contributed by atoms with Gasteiger partial charge in [-0.25, -0.2) is 4.98 Å². The van der Waals surface area contributed by atoms with Gasteiger partial charge in [-0.3, -0.25) is 9.88 Å². The number of hydrogen-bond donors (Lipinski definition) is 0. The van der Waals surface area contributed by atoms with E-state index in [1.54, 1.807) is 0 Å². The minimum atomic E-state index is 0.385. The SMILES string of the molecule is c1ccc(OC2CCCC2)c(CN2CCOC[C@@H](Cc3cn4ccnc4cn3)C2)c1. The van der Waals surface area contributed by atoms with Gasteiger partial charge in [-0.2, -0.15) is 0 Å². The summed E-state index contributed by atoms with van der Waals surface area (Å²) in [6.07, 6.45) is 13.9. The maximum atomic E-state index is 6.36. The molecule has 3 aromatic rings. The molecule has 0 unspecified atom stereocenters. The van der Waals surface area contributed by atoms with Gasteiger partial charge < -0.3 is 13.9 Å². The first kappa shape index (κ1) is 19.5. The first-order valence-electron chi connectivity index (χ1n) is 11.2. The largest absolute Gasteiger partial charge is 0.490 e. The molecular formula is C24H30N4O2. The van der Waals surface area contributed by atoms with Crippen LogP contribution in [0.25, 0.3) is 5.65 Å². The van der Waals surface area contributed by atoms with E-state index in [1.165, 1.54) is 31.2 Å². The van der Waals surface area contributed by atoms with Crippen molar-refractivity contribution in [2.75, 3.05) is 26.3 Å². The van der Waals surface area contributed by atoms with Gasteiger partial charge in [-0.1, -0.05) is 18.2 Å². The summed E-state index contributed by atoms with van der Waals surface area (Å²) in [6.45, 7) is 4.40. The van der Waals surface area contributed by atoms with E-state index in [0.29, 0.717) is 12.0 Å². The van der Waals surface area contributed by atoms with E-state index in [0.717, 1.165) is 56.4 Å². The average Bonchev–Trinajstić information content (AvgIpc) is 3.39. The number of fused-ring (bicyclic) bond motifs is 1. The molecule has 2 aliphatic rings. The van der Waals surface area contributed by atoms with Crippen molar-refractivity contribution >= 4 is 5.65 Å². The second kappa shape index (κ2) is 9.14. The monoisotopic (exact) mass is 406 g/mol. The van der Waals surface area contributed by atoms with Crippen LogP contribution in [0.4, 0.5) is 0 Å². The van der Waals surface area contributed by atoms with Gasteiger partial charge in [0.05, 0.1) is 31.2 Å². The molecule has 30 heavy (non-hydrogen) atoms. The molecule has 2 fully saturated rings. The van der Waals surface area contributed by atoms with E-state index in [9.17, 15) is 0 Å². The second-order valence-electron chi connectivity index (χ2n) is 8.58. The van der Waals surface area contributed by atoms with Crippen LogP contribution < -0.4 is 4.74 Å². The summed E-state index contributed by atoms with van der Waals surface area (Å²) in [6, 6.07) is 8.54. The fourth-order valence-electron chi connectivity index (χ4n) is 4.67. The molecule has 6 heteroatoms. The van der Waals surface area contributed by atoms with Crippen molar-refractivity contribution in [3.05, 3.63) is 60.3 Å². The molecule has 1 saturated heterocycles. The van der Waals surface area contributed by atoms with Gasteiger partial charge in [-0.05, 0) is 38.2 Å². The maximum absolute atomic E-state index is 6.36. The number of nitrogens with zero attached hydrogens (tertiary/aromatic N) is 4. The van der Waals surface area contributed by atoms with Crippen LogP contribution in [0.15, 0.2) is 49.1 Å². The second-order valence-corrected chi connectivity index (χ2v) is 8.58. The molecule has 6 nitrogen and oxygen atoms in total. The fraction of sp³-hybridized carbons (Fsp3) is 0.500. The predicted molar refractivity (Wildman–Crippen MR) is 116 cm³/mol. The van der Waals surface area contributed by atoms with Gasteiger partial charge in [0.1, 0.15) is 5.75 Å². The lowest BCUT2D eigenvalue weighted by molar-refractivity contribution is 0.121. The van der Waals surface area contributed by atoms with E-state index in [1.807, 2.05) is 23.0 Å². The Labute approximate surface area is 177 Å². The van der Waals surface area contributed by atoms with Gasteiger partial charge in [0.25, 0.3) is 0 Å². The molecule has 2 aromatic heterocycles. The van der Waals surface area contributed by atoms with Gasteiger partial charge >= 0.3 is 0 Å². The molecule has 5 rings (SSSR count). The smallest absolute Gasteiger partial charge is 0.155 e. The van der Waals surface area contributed by atoms with Crippen molar-refractivity contribution in [3.8, 4) is 5.75 Å². The Bertz CT molecular complexity index is 967. The topological polar surface area (TPSA) is 51.9 Å².